The van der Waals surface area contributed by atoms with Gasteiger partial charge in [0.2, 0.25) is 0 Å². The summed E-state index contributed by atoms with van der Waals surface area (Å²) < 4.78 is 0. The number of hydrogen-bond acceptors (Lipinski definition) is 4. The van der Waals surface area contributed by atoms with Crippen LogP contribution in [0, 0.1) is 11.3 Å². The molecule has 0 N–H and O–H groups in total. The summed E-state index contributed by atoms with van der Waals surface area (Å²) in [4.78, 5) is 4.78. The molecule has 1 aromatic heterocycles. The van der Waals surface area contributed by atoms with Crippen LogP contribution in [-0.2, 0) is 12.8 Å². The first-order valence-corrected chi connectivity index (χ1v) is 11.1. The van der Waals surface area contributed by atoms with E-state index in [9.17, 15) is 5.26 Å². The maximum Gasteiger partial charge on any atom is 0.115 e. The average Bonchev–Trinajstić information content (AvgIpc) is 2.59. The Kier molecular flexibility index (Phi) is 8.93. The first-order chi connectivity index (χ1) is 11.3. The zero-order chi connectivity index (χ0) is 16.3. The SMILES string of the molecule is CCCCCCCCSCSc1nc2c(cc1C#N)CCCC2. The number of unbranched alkanes of at least 4 members (excludes halogenated alkanes) is 5. The Morgan fingerprint density at radius 3 is 2.74 bits per heavy atom. The van der Waals surface area contributed by atoms with Crippen LogP contribution in [0.25, 0.3) is 0 Å². The fourth-order valence-electron chi connectivity index (χ4n) is 2.95. The van der Waals surface area contributed by atoms with Crippen molar-refractivity contribution in [1.29, 1.82) is 5.26 Å². The summed E-state index contributed by atoms with van der Waals surface area (Å²) in [6.07, 6.45) is 12.8. The number of nitrogens with zero attached hydrogens (tertiary/aromatic N) is 2. The summed E-state index contributed by atoms with van der Waals surface area (Å²) in [5.74, 6) is 1.23. The first kappa shape index (κ1) is 18.7. The lowest BCUT2D eigenvalue weighted by Crippen LogP contribution is -2.07. The van der Waals surface area contributed by atoms with E-state index in [1.54, 1.807) is 11.8 Å². The van der Waals surface area contributed by atoms with Gasteiger partial charge in [-0.05, 0) is 49.5 Å². The Labute approximate surface area is 149 Å². The molecule has 0 atom stereocenters. The highest BCUT2D eigenvalue weighted by atomic mass is 32.2. The third-order valence-electron chi connectivity index (χ3n) is 4.31. The number of fused-ring (bicyclic) bond motifs is 1. The maximum atomic E-state index is 9.35. The van der Waals surface area contributed by atoms with Crippen molar-refractivity contribution in [2.24, 2.45) is 0 Å². The van der Waals surface area contributed by atoms with Crippen molar-refractivity contribution >= 4 is 23.5 Å². The molecule has 0 saturated heterocycles. The van der Waals surface area contributed by atoms with Gasteiger partial charge in [0.1, 0.15) is 11.1 Å². The molecule has 0 bridgehead atoms. The van der Waals surface area contributed by atoms with Crippen molar-refractivity contribution in [1.82, 2.24) is 4.98 Å². The van der Waals surface area contributed by atoms with Gasteiger partial charge in [0.25, 0.3) is 0 Å². The van der Waals surface area contributed by atoms with Crippen LogP contribution in [0.2, 0.25) is 0 Å². The molecule has 1 aliphatic carbocycles. The lowest BCUT2D eigenvalue weighted by atomic mass is 9.95. The summed E-state index contributed by atoms with van der Waals surface area (Å²) in [6.45, 7) is 2.26. The van der Waals surface area contributed by atoms with Crippen LogP contribution in [0.3, 0.4) is 0 Å². The van der Waals surface area contributed by atoms with Gasteiger partial charge >= 0.3 is 0 Å². The topological polar surface area (TPSA) is 36.7 Å². The predicted octanol–water partition coefficient (Wildman–Crippen LogP) is 5.98. The monoisotopic (exact) mass is 348 g/mol. The quantitative estimate of drug-likeness (QED) is 0.296. The van der Waals surface area contributed by atoms with E-state index >= 15 is 0 Å². The second kappa shape index (κ2) is 11.0. The van der Waals surface area contributed by atoms with E-state index in [4.69, 9.17) is 4.98 Å². The molecule has 0 aromatic carbocycles. The van der Waals surface area contributed by atoms with Crippen molar-refractivity contribution in [2.45, 2.75) is 76.2 Å². The van der Waals surface area contributed by atoms with E-state index in [1.807, 2.05) is 11.8 Å². The molecule has 1 heterocycles. The van der Waals surface area contributed by atoms with Crippen molar-refractivity contribution in [3.05, 3.63) is 22.9 Å². The second-order valence-electron chi connectivity index (χ2n) is 6.20. The third-order valence-corrected chi connectivity index (χ3v) is 6.61. The van der Waals surface area contributed by atoms with E-state index < -0.39 is 0 Å². The van der Waals surface area contributed by atoms with Gasteiger partial charge in [-0.25, -0.2) is 4.98 Å². The highest BCUT2D eigenvalue weighted by Gasteiger charge is 2.15. The Balaban J connectivity index is 1.70. The second-order valence-corrected chi connectivity index (χ2v) is 8.64. The van der Waals surface area contributed by atoms with Gasteiger partial charge in [-0.1, -0.05) is 50.8 Å². The molecule has 0 saturated carbocycles. The summed E-state index contributed by atoms with van der Waals surface area (Å²) in [6, 6.07) is 4.42. The summed E-state index contributed by atoms with van der Waals surface area (Å²) in [7, 11) is 0. The minimum Gasteiger partial charge on any atom is -0.245 e. The Morgan fingerprint density at radius 1 is 1.13 bits per heavy atom. The zero-order valence-electron chi connectivity index (χ0n) is 14.3. The minimum atomic E-state index is 0.774. The molecule has 1 aromatic rings. The molecule has 1 aliphatic rings. The maximum absolute atomic E-state index is 9.35. The van der Waals surface area contributed by atoms with Crippen molar-refractivity contribution in [3.8, 4) is 6.07 Å². The van der Waals surface area contributed by atoms with E-state index in [-0.39, 0.29) is 0 Å². The number of hydrogen-bond donors (Lipinski definition) is 0. The summed E-state index contributed by atoms with van der Waals surface area (Å²) in [5, 5.41) is 11.3. The van der Waals surface area contributed by atoms with Gasteiger partial charge in [0, 0.05) is 10.8 Å². The molecule has 0 amide bonds. The number of rotatable bonds is 10. The molecule has 0 aliphatic heterocycles. The summed E-state index contributed by atoms with van der Waals surface area (Å²) in [5.41, 5.74) is 3.31. The third kappa shape index (κ3) is 6.39. The first-order valence-electron chi connectivity index (χ1n) is 8.98. The van der Waals surface area contributed by atoms with Crippen LogP contribution < -0.4 is 0 Å². The number of aromatic nitrogens is 1. The highest BCUT2D eigenvalue weighted by molar-refractivity contribution is 8.15. The largest absolute Gasteiger partial charge is 0.245 e. The Hall–Kier alpha value is -0.660. The number of nitriles is 1. The normalized spacial score (nSPS) is 13.6. The van der Waals surface area contributed by atoms with E-state index in [0.717, 1.165) is 28.5 Å². The van der Waals surface area contributed by atoms with Crippen molar-refractivity contribution in [3.63, 3.8) is 0 Å². The lowest BCUT2D eigenvalue weighted by molar-refractivity contribution is 0.627. The van der Waals surface area contributed by atoms with E-state index in [0.29, 0.717) is 0 Å². The number of pyridine rings is 1. The molecule has 2 nitrogen and oxygen atoms in total. The van der Waals surface area contributed by atoms with Crippen molar-refractivity contribution in [2.75, 3.05) is 10.8 Å². The van der Waals surface area contributed by atoms with Crippen LogP contribution in [0.5, 0.6) is 0 Å². The average molecular weight is 349 g/mol. The minimum absolute atomic E-state index is 0.774. The van der Waals surface area contributed by atoms with E-state index in [1.165, 1.54) is 68.4 Å². The van der Waals surface area contributed by atoms with Crippen LogP contribution in [-0.4, -0.2) is 15.8 Å². The lowest BCUT2D eigenvalue weighted by Gasteiger charge is -2.16. The standard InChI is InChI=1S/C19H28N2S2/c1-2-3-4-5-6-9-12-22-15-23-19-17(14-20)13-16-10-7-8-11-18(16)21-19/h13H,2-12,15H2,1H3. The van der Waals surface area contributed by atoms with Crippen LogP contribution in [0.1, 0.15) is 75.1 Å². The fraction of sp³-hybridized carbons (Fsp3) is 0.684. The molecule has 126 valence electrons. The van der Waals surface area contributed by atoms with Gasteiger partial charge < -0.3 is 0 Å². The Morgan fingerprint density at radius 2 is 1.91 bits per heavy atom. The molecule has 4 heteroatoms. The van der Waals surface area contributed by atoms with Crippen LogP contribution in [0.4, 0.5) is 0 Å². The van der Waals surface area contributed by atoms with Crippen molar-refractivity contribution < 1.29 is 0 Å². The smallest absolute Gasteiger partial charge is 0.115 e. The molecule has 0 fully saturated rings. The zero-order valence-corrected chi connectivity index (χ0v) is 15.9. The van der Waals surface area contributed by atoms with Gasteiger partial charge in [0.05, 0.1) is 5.56 Å². The van der Waals surface area contributed by atoms with Crippen LogP contribution >= 0.6 is 23.5 Å². The molecule has 0 unspecified atom stereocenters. The number of aryl methyl sites for hydroxylation is 2. The molecular weight excluding hydrogens is 320 g/mol. The van der Waals surface area contributed by atoms with Gasteiger partial charge in [0.15, 0.2) is 0 Å². The van der Waals surface area contributed by atoms with Gasteiger partial charge in [-0.3, -0.25) is 0 Å². The number of thioether (sulfide) groups is 2. The summed E-state index contributed by atoms with van der Waals surface area (Å²) >= 11 is 3.73. The molecule has 2 rings (SSSR count). The van der Waals surface area contributed by atoms with Gasteiger partial charge in [-0.2, -0.15) is 17.0 Å². The van der Waals surface area contributed by atoms with Crippen LogP contribution in [0.15, 0.2) is 11.1 Å². The molecule has 0 spiro atoms. The molecular formula is C19H28N2S2. The predicted molar refractivity (Wildman–Crippen MR) is 102 cm³/mol. The Bertz CT molecular complexity index is 523. The fourth-order valence-corrected chi connectivity index (χ4v) is 5.04. The molecule has 23 heavy (non-hydrogen) atoms. The van der Waals surface area contributed by atoms with Gasteiger partial charge in [-0.15, -0.1) is 0 Å². The highest BCUT2D eigenvalue weighted by Crippen LogP contribution is 2.29. The molecule has 0 radical (unpaired) electrons. The van der Waals surface area contributed by atoms with E-state index in [2.05, 4.69) is 19.1 Å².